The summed E-state index contributed by atoms with van der Waals surface area (Å²) in [5.41, 5.74) is 3.22. The standard InChI is InChI=1S/C26H28N2O3/c1-4-26(2,3)20-10-16-23(17-11-20)31-18-24(29)27-21-12-14-22(15-13-21)28-25(30)19-8-6-5-7-9-19/h5-17H,4,18H2,1-3H3,(H,27,29)(H,28,30). The summed E-state index contributed by atoms with van der Waals surface area (Å²) in [6, 6.07) is 23.8. The van der Waals surface area contributed by atoms with E-state index in [0.717, 1.165) is 6.42 Å². The smallest absolute Gasteiger partial charge is 0.262 e. The van der Waals surface area contributed by atoms with Crippen LogP contribution in [0, 0.1) is 0 Å². The molecule has 2 N–H and O–H groups in total. The number of benzene rings is 3. The van der Waals surface area contributed by atoms with Crippen LogP contribution in [0.5, 0.6) is 5.75 Å². The third-order valence-corrected chi connectivity index (χ3v) is 5.35. The molecule has 0 atom stereocenters. The van der Waals surface area contributed by atoms with E-state index in [0.29, 0.717) is 22.7 Å². The molecule has 3 aromatic carbocycles. The molecule has 0 spiro atoms. The Hall–Kier alpha value is -3.60. The number of amides is 2. The molecule has 3 aromatic rings. The molecule has 0 unspecified atom stereocenters. The minimum absolute atomic E-state index is 0.0803. The van der Waals surface area contributed by atoms with Gasteiger partial charge in [0.1, 0.15) is 5.75 Å². The molecule has 0 fully saturated rings. The molecular weight excluding hydrogens is 388 g/mol. The van der Waals surface area contributed by atoms with Crippen molar-refractivity contribution >= 4 is 23.2 Å². The monoisotopic (exact) mass is 416 g/mol. The molecule has 0 radical (unpaired) electrons. The van der Waals surface area contributed by atoms with Crippen LogP contribution in [0.4, 0.5) is 11.4 Å². The van der Waals surface area contributed by atoms with E-state index in [4.69, 9.17) is 4.74 Å². The van der Waals surface area contributed by atoms with E-state index in [1.165, 1.54) is 5.56 Å². The van der Waals surface area contributed by atoms with Gasteiger partial charge in [0.2, 0.25) is 0 Å². The Bertz CT molecular complexity index is 1010. The van der Waals surface area contributed by atoms with Gasteiger partial charge < -0.3 is 15.4 Å². The molecule has 3 rings (SSSR count). The molecule has 0 aliphatic carbocycles. The first-order valence-corrected chi connectivity index (χ1v) is 10.4. The van der Waals surface area contributed by atoms with E-state index in [-0.39, 0.29) is 23.8 Å². The Morgan fingerprint density at radius 3 is 1.97 bits per heavy atom. The van der Waals surface area contributed by atoms with Crippen LogP contribution in [0.2, 0.25) is 0 Å². The first kappa shape index (κ1) is 22.1. The van der Waals surface area contributed by atoms with Crippen LogP contribution < -0.4 is 15.4 Å². The summed E-state index contributed by atoms with van der Waals surface area (Å²) in [7, 11) is 0. The van der Waals surface area contributed by atoms with Crippen molar-refractivity contribution in [3.05, 3.63) is 90.0 Å². The average molecular weight is 417 g/mol. The van der Waals surface area contributed by atoms with Gasteiger partial charge in [-0.25, -0.2) is 0 Å². The first-order valence-electron chi connectivity index (χ1n) is 10.4. The lowest BCUT2D eigenvalue weighted by atomic mass is 9.82. The zero-order chi connectivity index (χ0) is 22.3. The molecule has 0 saturated heterocycles. The van der Waals surface area contributed by atoms with Gasteiger partial charge in [0.15, 0.2) is 6.61 Å². The molecule has 31 heavy (non-hydrogen) atoms. The van der Waals surface area contributed by atoms with E-state index < -0.39 is 0 Å². The normalized spacial score (nSPS) is 10.9. The van der Waals surface area contributed by atoms with Gasteiger partial charge in [-0.3, -0.25) is 9.59 Å². The third-order valence-electron chi connectivity index (χ3n) is 5.35. The molecule has 0 bridgehead atoms. The number of hydrogen-bond acceptors (Lipinski definition) is 3. The summed E-state index contributed by atoms with van der Waals surface area (Å²) in [5, 5.41) is 5.62. The van der Waals surface area contributed by atoms with Crippen molar-refractivity contribution < 1.29 is 14.3 Å². The van der Waals surface area contributed by atoms with Gasteiger partial charge in [-0.1, -0.05) is 51.1 Å². The molecule has 160 valence electrons. The summed E-state index contributed by atoms with van der Waals surface area (Å²) in [6.45, 7) is 6.49. The summed E-state index contributed by atoms with van der Waals surface area (Å²) < 4.78 is 5.60. The minimum atomic E-state index is -0.251. The van der Waals surface area contributed by atoms with Gasteiger partial charge in [-0.05, 0) is 65.9 Å². The minimum Gasteiger partial charge on any atom is -0.484 e. The van der Waals surface area contributed by atoms with Gasteiger partial charge in [-0.15, -0.1) is 0 Å². The maximum atomic E-state index is 12.2. The number of nitrogens with one attached hydrogen (secondary N) is 2. The summed E-state index contributed by atoms with van der Waals surface area (Å²) in [4.78, 5) is 24.4. The lowest BCUT2D eigenvalue weighted by molar-refractivity contribution is -0.118. The Balaban J connectivity index is 1.49. The largest absolute Gasteiger partial charge is 0.484 e. The molecule has 0 aliphatic heterocycles. The molecule has 2 amide bonds. The lowest BCUT2D eigenvalue weighted by Crippen LogP contribution is -2.20. The molecule has 0 heterocycles. The SMILES string of the molecule is CCC(C)(C)c1ccc(OCC(=O)Nc2ccc(NC(=O)c3ccccc3)cc2)cc1. The topological polar surface area (TPSA) is 67.4 Å². The quantitative estimate of drug-likeness (QED) is 0.499. The van der Waals surface area contributed by atoms with Crippen molar-refractivity contribution in [1.82, 2.24) is 0 Å². The fraction of sp³-hybridized carbons (Fsp3) is 0.231. The second-order valence-electron chi connectivity index (χ2n) is 8.00. The maximum Gasteiger partial charge on any atom is 0.262 e. The summed E-state index contributed by atoms with van der Waals surface area (Å²) in [6.07, 6.45) is 1.05. The number of carbonyl (C=O) groups excluding carboxylic acids is 2. The average Bonchev–Trinajstić information content (AvgIpc) is 2.80. The van der Waals surface area contributed by atoms with Gasteiger partial charge >= 0.3 is 0 Å². The highest BCUT2D eigenvalue weighted by Crippen LogP contribution is 2.28. The highest BCUT2D eigenvalue weighted by Gasteiger charge is 2.17. The third kappa shape index (κ3) is 6.19. The summed E-state index contributed by atoms with van der Waals surface area (Å²) in [5.74, 6) is 0.225. The number of rotatable bonds is 8. The number of carbonyl (C=O) groups is 2. The van der Waals surface area contributed by atoms with E-state index in [2.05, 4.69) is 31.4 Å². The Kier molecular flexibility index (Phi) is 7.08. The number of hydrogen-bond donors (Lipinski definition) is 2. The highest BCUT2D eigenvalue weighted by atomic mass is 16.5. The predicted molar refractivity (Wildman–Crippen MR) is 125 cm³/mol. The van der Waals surface area contributed by atoms with Crippen LogP contribution in [0.25, 0.3) is 0 Å². The fourth-order valence-corrected chi connectivity index (χ4v) is 2.98. The second kappa shape index (κ2) is 9.94. The van der Waals surface area contributed by atoms with Crippen molar-refractivity contribution in [3.8, 4) is 5.75 Å². The Morgan fingerprint density at radius 2 is 1.39 bits per heavy atom. The molecule has 0 aromatic heterocycles. The van der Waals surface area contributed by atoms with Crippen molar-refractivity contribution in [1.29, 1.82) is 0 Å². The molecule has 5 heteroatoms. The lowest BCUT2D eigenvalue weighted by Gasteiger charge is -2.23. The van der Waals surface area contributed by atoms with Crippen LogP contribution in [0.3, 0.4) is 0 Å². The Labute approximate surface area is 183 Å². The zero-order valence-corrected chi connectivity index (χ0v) is 18.1. The van der Waals surface area contributed by atoms with Gasteiger partial charge in [0, 0.05) is 16.9 Å². The van der Waals surface area contributed by atoms with E-state index in [1.807, 2.05) is 42.5 Å². The van der Waals surface area contributed by atoms with E-state index in [1.54, 1.807) is 36.4 Å². The van der Waals surface area contributed by atoms with Crippen LogP contribution in [-0.2, 0) is 10.2 Å². The van der Waals surface area contributed by atoms with Crippen molar-refractivity contribution in [2.75, 3.05) is 17.2 Å². The van der Waals surface area contributed by atoms with Crippen molar-refractivity contribution in [2.24, 2.45) is 0 Å². The van der Waals surface area contributed by atoms with Crippen molar-refractivity contribution in [2.45, 2.75) is 32.6 Å². The second-order valence-corrected chi connectivity index (χ2v) is 8.00. The number of ether oxygens (including phenoxy) is 1. The van der Waals surface area contributed by atoms with E-state index >= 15 is 0 Å². The Morgan fingerprint density at radius 1 is 0.806 bits per heavy atom. The molecule has 5 nitrogen and oxygen atoms in total. The van der Waals surface area contributed by atoms with Gasteiger partial charge in [0.25, 0.3) is 11.8 Å². The van der Waals surface area contributed by atoms with Crippen LogP contribution >= 0.6 is 0 Å². The van der Waals surface area contributed by atoms with E-state index in [9.17, 15) is 9.59 Å². The maximum absolute atomic E-state index is 12.2. The van der Waals surface area contributed by atoms with Crippen LogP contribution in [-0.4, -0.2) is 18.4 Å². The first-order chi connectivity index (χ1) is 14.9. The fourth-order valence-electron chi connectivity index (χ4n) is 2.98. The summed E-state index contributed by atoms with van der Waals surface area (Å²) >= 11 is 0. The highest BCUT2D eigenvalue weighted by molar-refractivity contribution is 6.04. The molecule has 0 aliphatic rings. The van der Waals surface area contributed by atoms with Gasteiger partial charge in [-0.2, -0.15) is 0 Å². The van der Waals surface area contributed by atoms with Crippen LogP contribution in [0.1, 0.15) is 43.1 Å². The molecule has 0 saturated carbocycles. The number of anilines is 2. The van der Waals surface area contributed by atoms with Crippen LogP contribution in [0.15, 0.2) is 78.9 Å². The molecular formula is C26H28N2O3. The zero-order valence-electron chi connectivity index (χ0n) is 18.1. The van der Waals surface area contributed by atoms with Crippen molar-refractivity contribution in [3.63, 3.8) is 0 Å². The predicted octanol–water partition coefficient (Wildman–Crippen LogP) is 5.64. The van der Waals surface area contributed by atoms with Gasteiger partial charge in [0.05, 0.1) is 0 Å².